The van der Waals surface area contributed by atoms with Gasteiger partial charge in [0.2, 0.25) is 0 Å². The van der Waals surface area contributed by atoms with Crippen LogP contribution in [0.25, 0.3) is 0 Å². The summed E-state index contributed by atoms with van der Waals surface area (Å²) in [5, 5.41) is 8.36. The van der Waals surface area contributed by atoms with Crippen molar-refractivity contribution in [1.82, 2.24) is 10.2 Å². The van der Waals surface area contributed by atoms with Crippen LogP contribution in [0.2, 0.25) is 0 Å². The van der Waals surface area contributed by atoms with Crippen molar-refractivity contribution in [2.75, 3.05) is 0 Å². The summed E-state index contributed by atoms with van der Waals surface area (Å²) in [5.74, 6) is 0.510. The van der Waals surface area contributed by atoms with Crippen LogP contribution in [0.15, 0.2) is 60.4 Å². The standard InChI is InChI=1S/C11H16N2.C9H9FO.C5H10N2/c1-9-7-8-11(13-12-9)10-5-3-2-4-6-10;1-7(11)6-8-2-4-9(10)5-3-8;1-5(7)3-2-4-6/h7-8,10H,2-6H2,1H3;2-5H,6H2,1H3;2-4H,6-7H2,1H3/b;;4-2-,5-3-. The lowest BCUT2D eigenvalue weighted by Gasteiger charge is -2.20. The minimum atomic E-state index is -0.266. The van der Waals surface area contributed by atoms with E-state index in [9.17, 15) is 9.18 Å². The van der Waals surface area contributed by atoms with E-state index >= 15 is 0 Å². The lowest BCUT2D eigenvalue weighted by Crippen LogP contribution is -2.07. The molecule has 168 valence electrons. The number of ketones is 1. The number of hydrogen-bond donors (Lipinski definition) is 2. The molecule has 5 nitrogen and oxygen atoms in total. The molecule has 0 bridgehead atoms. The third kappa shape index (κ3) is 12.3. The van der Waals surface area contributed by atoms with Gasteiger partial charge in [-0.3, -0.25) is 4.79 Å². The fraction of sp³-hybridized carbons (Fsp3) is 0.400. The second-order valence-corrected chi connectivity index (χ2v) is 7.74. The van der Waals surface area contributed by atoms with Gasteiger partial charge < -0.3 is 11.5 Å². The van der Waals surface area contributed by atoms with E-state index in [1.165, 1.54) is 63.1 Å². The number of carbonyl (C=O) groups excluding carboxylic acids is 1. The van der Waals surface area contributed by atoms with E-state index in [2.05, 4.69) is 22.3 Å². The molecule has 0 saturated heterocycles. The molecule has 3 rings (SSSR count). The fourth-order valence-corrected chi connectivity index (χ4v) is 3.12. The molecule has 31 heavy (non-hydrogen) atoms. The van der Waals surface area contributed by atoms with E-state index in [0.717, 1.165) is 17.0 Å². The number of carbonyl (C=O) groups is 1. The molecule has 4 N–H and O–H groups in total. The third-order valence-electron chi connectivity index (χ3n) is 4.68. The van der Waals surface area contributed by atoms with Gasteiger partial charge in [-0.15, -0.1) is 0 Å². The minimum absolute atomic E-state index is 0.0941. The monoisotopic (exact) mass is 426 g/mol. The van der Waals surface area contributed by atoms with E-state index in [1.54, 1.807) is 31.2 Å². The summed E-state index contributed by atoms with van der Waals surface area (Å²) in [4.78, 5) is 10.6. The summed E-state index contributed by atoms with van der Waals surface area (Å²) in [5.41, 5.74) is 14.1. The van der Waals surface area contributed by atoms with E-state index in [4.69, 9.17) is 11.5 Å². The zero-order valence-corrected chi connectivity index (χ0v) is 18.9. The van der Waals surface area contributed by atoms with Gasteiger partial charge >= 0.3 is 0 Å². The van der Waals surface area contributed by atoms with Crippen LogP contribution in [-0.2, 0) is 11.2 Å². The molecule has 2 aromatic rings. The first kappa shape index (κ1) is 26.0. The first-order valence-electron chi connectivity index (χ1n) is 10.7. The maximum absolute atomic E-state index is 12.3. The van der Waals surface area contributed by atoms with E-state index in [1.807, 2.05) is 6.92 Å². The second-order valence-electron chi connectivity index (χ2n) is 7.74. The number of rotatable bonds is 4. The van der Waals surface area contributed by atoms with Crippen LogP contribution < -0.4 is 11.5 Å². The lowest BCUT2D eigenvalue weighted by atomic mass is 9.87. The maximum atomic E-state index is 12.3. The Kier molecular flexibility index (Phi) is 12.5. The average Bonchev–Trinajstić information content (AvgIpc) is 2.76. The van der Waals surface area contributed by atoms with Gasteiger partial charge in [-0.25, -0.2) is 4.39 Å². The van der Waals surface area contributed by atoms with Crippen molar-refractivity contribution < 1.29 is 9.18 Å². The highest BCUT2D eigenvalue weighted by Crippen LogP contribution is 2.30. The smallest absolute Gasteiger partial charge is 0.134 e. The van der Waals surface area contributed by atoms with Crippen LogP contribution in [-0.4, -0.2) is 16.0 Å². The molecule has 0 aliphatic heterocycles. The Labute approximate surface area is 185 Å². The highest BCUT2D eigenvalue weighted by atomic mass is 19.1. The summed E-state index contributed by atoms with van der Waals surface area (Å²) < 4.78 is 12.3. The molecule has 1 aromatic carbocycles. The van der Waals surface area contributed by atoms with Gasteiger partial charge in [0.25, 0.3) is 0 Å². The fourth-order valence-electron chi connectivity index (χ4n) is 3.12. The number of aromatic nitrogens is 2. The number of halogens is 1. The van der Waals surface area contributed by atoms with Crippen LogP contribution in [0, 0.1) is 12.7 Å². The molecule has 1 saturated carbocycles. The van der Waals surface area contributed by atoms with Crippen LogP contribution in [0.1, 0.15) is 68.8 Å². The summed E-state index contributed by atoms with van der Waals surface area (Å²) in [6.45, 7) is 5.31. The van der Waals surface area contributed by atoms with Gasteiger partial charge in [-0.1, -0.05) is 31.4 Å². The first-order valence-corrected chi connectivity index (χ1v) is 10.7. The average molecular weight is 427 g/mol. The Morgan fingerprint density at radius 1 is 1.06 bits per heavy atom. The van der Waals surface area contributed by atoms with Gasteiger partial charge in [-0.2, -0.15) is 10.2 Å². The molecule has 1 fully saturated rings. The van der Waals surface area contributed by atoms with Gasteiger partial charge in [-0.05, 0) is 81.8 Å². The predicted octanol–water partition coefficient (Wildman–Crippen LogP) is 5.11. The Hall–Kier alpha value is -3.02. The van der Waals surface area contributed by atoms with Gasteiger partial charge in [0.1, 0.15) is 11.6 Å². The normalized spacial score (nSPS) is 14.3. The Balaban J connectivity index is 0.000000245. The topological polar surface area (TPSA) is 94.9 Å². The largest absolute Gasteiger partial charge is 0.405 e. The molecule has 6 heteroatoms. The molecule has 0 amide bonds. The van der Waals surface area contributed by atoms with Crippen molar-refractivity contribution >= 4 is 5.78 Å². The Bertz CT molecular complexity index is 820. The maximum Gasteiger partial charge on any atom is 0.134 e. The number of benzene rings is 1. The van der Waals surface area contributed by atoms with Crippen molar-refractivity contribution in [3.05, 3.63) is 83.2 Å². The van der Waals surface area contributed by atoms with Gasteiger partial charge in [0.15, 0.2) is 0 Å². The zero-order valence-electron chi connectivity index (χ0n) is 18.9. The lowest BCUT2D eigenvalue weighted by molar-refractivity contribution is -0.116. The van der Waals surface area contributed by atoms with E-state index in [0.29, 0.717) is 12.3 Å². The highest BCUT2D eigenvalue weighted by molar-refractivity contribution is 5.78. The number of hydrogen-bond acceptors (Lipinski definition) is 5. The molecule has 1 aliphatic rings. The van der Waals surface area contributed by atoms with Crippen LogP contribution in [0.3, 0.4) is 0 Å². The van der Waals surface area contributed by atoms with Gasteiger partial charge in [0.05, 0.1) is 11.4 Å². The minimum Gasteiger partial charge on any atom is -0.405 e. The van der Waals surface area contributed by atoms with E-state index < -0.39 is 0 Å². The summed E-state index contributed by atoms with van der Waals surface area (Å²) in [6, 6.07) is 10.2. The quantitative estimate of drug-likeness (QED) is 0.662. The van der Waals surface area contributed by atoms with Crippen molar-refractivity contribution in [3.8, 4) is 0 Å². The summed E-state index contributed by atoms with van der Waals surface area (Å²) in [7, 11) is 0. The Morgan fingerprint density at radius 3 is 2.16 bits per heavy atom. The molecule has 0 unspecified atom stereocenters. The number of aryl methyl sites for hydroxylation is 1. The SMILES string of the molecule is C/C(N)=C/C=C\N.CC(=O)Cc1ccc(F)cc1.Cc1ccc(C2CCCCC2)nn1. The second kappa shape index (κ2) is 14.9. The Morgan fingerprint density at radius 2 is 1.71 bits per heavy atom. The van der Waals surface area contributed by atoms with E-state index in [-0.39, 0.29) is 11.6 Å². The number of Topliss-reactive ketones (excluding diaryl/α,β-unsaturated/α-hetero) is 1. The van der Waals surface area contributed by atoms with Crippen molar-refractivity contribution in [2.45, 2.75) is 65.2 Å². The molecule has 1 heterocycles. The summed E-state index contributed by atoms with van der Waals surface area (Å²) in [6.07, 6.45) is 12.0. The number of nitrogens with two attached hydrogens (primary N) is 2. The molecular weight excluding hydrogens is 391 g/mol. The molecular formula is C25H35FN4O. The van der Waals surface area contributed by atoms with Crippen molar-refractivity contribution in [2.24, 2.45) is 11.5 Å². The van der Waals surface area contributed by atoms with Crippen molar-refractivity contribution in [1.29, 1.82) is 0 Å². The molecule has 0 atom stereocenters. The third-order valence-corrected chi connectivity index (χ3v) is 4.68. The molecule has 1 aliphatic carbocycles. The molecule has 1 aromatic heterocycles. The van der Waals surface area contributed by atoms with Gasteiger partial charge in [0, 0.05) is 18.0 Å². The van der Waals surface area contributed by atoms with Crippen LogP contribution in [0.5, 0.6) is 0 Å². The van der Waals surface area contributed by atoms with Crippen LogP contribution >= 0.6 is 0 Å². The molecule has 0 spiro atoms. The highest BCUT2D eigenvalue weighted by Gasteiger charge is 2.16. The summed E-state index contributed by atoms with van der Waals surface area (Å²) >= 11 is 0. The van der Waals surface area contributed by atoms with Crippen molar-refractivity contribution in [3.63, 3.8) is 0 Å². The zero-order chi connectivity index (χ0) is 23.1. The van der Waals surface area contributed by atoms with Crippen LogP contribution in [0.4, 0.5) is 4.39 Å². The first-order chi connectivity index (χ1) is 14.8. The number of allylic oxidation sites excluding steroid dienone is 3. The molecule has 0 radical (unpaired) electrons. The number of nitrogens with zero attached hydrogens (tertiary/aromatic N) is 2. The predicted molar refractivity (Wildman–Crippen MR) is 125 cm³/mol.